The number of rotatable bonds is 7. The third-order valence-electron chi connectivity index (χ3n) is 4.43. The Hall–Kier alpha value is -2.99. The summed E-state index contributed by atoms with van der Waals surface area (Å²) < 4.78 is 16.2. The maximum Gasteiger partial charge on any atom is 0.248 e. The zero-order valence-electron chi connectivity index (χ0n) is 16.3. The van der Waals surface area contributed by atoms with E-state index in [1.165, 1.54) is 6.08 Å². The summed E-state index contributed by atoms with van der Waals surface area (Å²) in [6.07, 6.45) is 3.25. The molecule has 6 nitrogen and oxygen atoms in total. The quantitative estimate of drug-likeness (QED) is 0.742. The van der Waals surface area contributed by atoms with Gasteiger partial charge in [-0.05, 0) is 55.0 Å². The molecule has 1 aliphatic rings. The Morgan fingerprint density at radius 1 is 1.14 bits per heavy atom. The first-order valence-corrected chi connectivity index (χ1v) is 9.42. The largest absolute Gasteiger partial charge is 0.493 e. The smallest absolute Gasteiger partial charge is 0.248 e. The predicted octanol–water partition coefficient (Wildman–Crippen LogP) is 3.58. The molecule has 0 bridgehead atoms. The Morgan fingerprint density at radius 3 is 2.57 bits per heavy atom. The minimum Gasteiger partial charge on any atom is -0.493 e. The standard InChI is InChI=1S/C22H26N2O4/c1-3-28-20-10-4-17(16-21(20)26-2)5-11-22(25)23-18-6-8-19(9-7-18)24-12-14-27-15-13-24/h4-11,16H,3,12-15H2,1-2H3,(H,23,25). The van der Waals surface area contributed by atoms with Crippen molar-refractivity contribution in [1.82, 2.24) is 0 Å². The first-order valence-electron chi connectivity index (χ1n) is 9.42. The van der Waals surface area contributed by atoms with Crippen LogP contribution < -0.4 is 19.7 Å². The van der Waals surface area contributed by atoms with Gasteiger partial charge in [0.1, 0.15) is 0 Å². The lowest BCUT2D eigenvalue weighted by atomic mass is 10.2. The predicted molar refractivity (Wildman–Crippen MR) is 111 cm³/mol. The average molecular weight is 382 g/mol. The van der Waals surface area contributed by atoms with Crippen molar-refractivity contribution in [2.45, 2.75) is 6.92 Å². The lowest BCUT2D eigenvalue weighted by Gasteiger charge is -2.28. The zero-order chi connectivity index (χ0) is 19.8. The summed E-state index contributed by atoms with van der Waals surface area (Å²) in [6.45, 7) is 5.77. The van der Waals surface area contributed by atoms with E-state index in [-0.39, 0.29) is 5.91 Å². The van der Waals surface area contributed by atoms with Crippen LogP contribution in [0.15, 0.2) is 48.5 Å². The molecule has 28 heavy (non-hydrogen) atoms. The van der Waals surface area contributed by atoms with E-state index in [9.17, 15) is 4.79 Å². The highest BCUT2D eigenvalue weighted by Gasteiger charge is 2.11. The zero-order valence-corrected chi connectivity index (χ0v) is 16.3. The fraction of sp³-hybridized carbons (Fsp3) is 0.318. The van der Waals surface area contributed by atoms with Crippen molar-refractivity contribution >= 4 is 23.4 Å². The number of hydrogen-bond acceptors (Lipinski definition) is 5. The van der Waals surface area contributed by atoms with Gasteiger partial charge in [0.05, 0.1) is 26.9 Å². The number of nitrogens with one attached hydrogen (secondary N) is 1. The van der Waals surface area contributed by atoms with Gasteiger partial charge in [0.25, 0.3) is 0 Å². The second kappa shape index (κ2) is 9.80. The Morgan fingerprint density at radius 2 is 1.89 bits per heavy atom. The Kier molecular flexibility index (Phi) is 6.92. The summed E-state index contributed by atoms with van der Waals surface area (Å²) in [5.41, 5.74) is 2.76. The first-order chi connectivity index (χ1) is 13.7. The van der Waals surface area contributed by atoms with E-state index in [2.05, 4.69) is 10.2 Å². The summed E-state index contributed by atoms with van der Waals surface area (Å²) >= 11 is 0. The number of morpholine rings is 1. The van der Waals surface area contributed by atoms with E-state index in [1.54, 1.807) is 13.2 Å². The van der Waals surface area contributed by atoms with Gasteiger partial charge in [-0.25, -0.2) is 0 Å². The van der Waals surface area contributed by atoms with E-state index in [4.69, 9.17) is 14.2 Å². The van der Waals surface area contributed by atoms with Crippen LogP contribution in [0.25, 0.3) is 6.08 Å². The molecular formula is C22H26N2O4. The molecule has 148 valence electrons. The molecule has 1 saturated heterocycles. The maximum atomic E-state index is 12.2. The van der Waals surface area contributed by atoms with Gasteiger partial charge < -0.3 is 24.4 Å². The summed E-state index contributed by atoms with van der Waals surface area (Å²) in [6, 6.07) is 13.4. The van der Waals surface area contributed by atoms with Gasteiger partial charge in [-0.1, -0.05) is 6.07 Å². The van der Waals surface area contributed by atoms with Crippen molar-refractivity contribution in [3.8, 4) is 11.5 Å². The molecule has 0 aliphatic carbocycles. The highest BCUT2D eigenvalue weighted by Crippen LogP contribution is 2.28. The Labute approximate surface area is 165 Å². The van der Waals surface area contributed by atoms with Crippen LogP contribution in [-0.4, -0.2) is 45.9 Å². The van der Waals surface area contributed by atoms with E-state index in [0.29, 0.717) is 18.1 Å². The average Bonchev–Trinajstić information content (AvgIpc) is 2.74. The third kappa shape index (κ3) is 5.27. The number of amides is 1. The van der Waals surface area contributed by atoms with E-state index in [1.807, 2.05) is 49.4 Å². The fourth-order valence-electron chi connectivity index (χ4n) is 3.00. The number of carbonyl (C=O) groups excluding carboxylic acids is 1. The number of nitrogens with zero attached hydrogens (tertiary/aromatic N) is 1. The number of anilines is 2. The summed E-state index contributed by atoms with van der Waals surface area (Å²) in [7, 11) is 1.60. The van der Waals surface area contributed by atoms with Crippen LogP contribution in [-0.2, 0) is 9.53 Å². The molecule has 0 unspecified atom stereocenters. The molecule has 0 spiro atoms. The van der Waals surface area contributed by atoms with Crippen molar-refractivity contribution in [1.29, 1.82) is 0 Å². The molecule has 2 aromatic carbocycles. The molecule has 3 rings (SSSR count). The van der Waals surface area contributed by atoms with Crippen LogP contribution in [0.1, 0.15) is 12.5 Å². The highest BCUT2D eigenvalue weighted by atomic mass is 16.5. The van der Waals surface area contributed by atoms with Gasteiger partial charge in [0, 0.05) is 30.5 Å². The normalized spacial score (nSPS) is 14.1. The van der Waals surface area contributed by atoms with Gasteiger partial charge >= 0.3 is 0 Å². The van der Waals surface area contributed by atoms with Gasteiger partial charge in [-0.2, -0.15) is 0 Å². The molecule has 0 radical (unpaired) electrons. The van der Waals surface area contributed by atoms with Crippen LogP contribution in [0.5, 0.6) is 11.5 Å². The number of ether oxygens (including phenoxy) is 3. The minimum absolute atomic E-state index is 0.188. The van der Waals surface area contributed by atoms with Crippen LogP contribution in [0, 0.1) is 0 Å². The Balaban J connectivity index is 1.59. The Bertz CT molecular complexity index is 812. The molecule has 1 heterocycles. The van der Waals surface area contributed by atoms with Crippen molar-refractivity contribution in [3.05, 3.63) is 54.1 Å². The fourth-order valence-corrected chi connectivity index (χ4v) is 3.00. The van der Waals surface area contributed by atoms with E-state index in [0.717, 1.165) is 43.2 Å². The van der Waals surface area contributed by atoms with Crippen LogP contribution in [0.4, 0.5) is 11.4 Å². The minimum atomic E-state index is -0.188. The molecule has 6 heteroatoms. The van der Waals surface area contributed by atoms with Crippen LogP contribution in [0.2, 0.25) is 0 Å². The number of carbonyl (C=O) groups is 1. The number of methoxy groups -OCH3 is 1. The maximum absolute atomic E-state index is 12.2. The molecule has 1 aliphatic heterocycles. The van der Waals surface area contributed by atoms with Crippen LogP contribution >= 0.6 is 0 Å². The lowest BCUT2D eigenvalue weighted by Crippen LogP contribution is -2.36. The molecule has 2 aromatic rings. The molecule has 0 aromatic heterocycles. The molecule has 1 fully saturated rings. The monoisotopic (exact) mass is 382 g/mol. The third-order valence-corrected chi connectivity index (χ3v) is 4.43. The van der Waals surface area contributed by atoms with Crippen molar-refractivity contribution in [2.24, 2.45) is 0 Å². The van der Waals surface area contributed by atoms with E-state index < -0.39 is 0 Å². The van der Waals surface area contributed by atoms with Crippen LogP contribution in [0.3, 0.4) is 0 Å². The van der Waals surface area contributed by atoms with Crippen molar-refractivity contribution in [3.63, 3.8) is 0 Å². The number of benzene rings is 2. The molecule has 1 amide bonds. The lowest BCUT2D eigenvalue weighted by molar-refractivity contribution is -0.111. The van der Waals surface area contributed by atoms with Gasteiger partial charge in [-0.3, -0.25) is 4.79 Å². The van der Waals surface area contributed by atoms with E-state index >= 15 is 0 Å². The summed E-state index contributed by atoms with van der Waals surface area (Å²) in [4.78, 5) is 14.5. The number of hydrogen-bond donors (Lipinski definition) is 1. The highest BCUT2D eigenvalue weighted by molar-refractivity contribution is 6.02. The van der Waals surface area contributed by atoms with Gasteiger partial charge in [0.15, 0.2) is 11.5 Å². The molecule has 0 atom stereocenters. The SMILES string of the molecule is CCOc1ccc(C=CC(=O)Nc2ccc(N3CCOCC3)cc2)cc1OC. The topological polar surface area (TPSA) is 60.0 Å². The van der Waals surface area contributed by atoms with Gasteiger partial charge in [-0.15, -0.1) is 0 Å². The first kappa shape index (κ1) is 19.8. The second-order valence-corrected chi connectivity index (χ2v) is 6.31. The van der Waals surface area contributed by atoms with Crippen molar-refractivity contribution < 1.29 is 19.0 Å². The molecular weight excluding hydrogens is 356 g/mol. The second-order valence-electron chi connectivity index (χ2n) is 6.31. The molecule has 1 N–H and O–H groups in total. The van der Waals surface area contributed by atoms with Gasteiger partial charge in [0.2, 0.25) is 5.91 Å². The molecule has 0 saturated carbocycles. The summed E-state index contributed by atoms with van der Waals surface area (Å²) in [5, 5.41) is 2.88. The van der Waals surface area contributed by atoms with Crippen molar-refractivity contribution in [2.75, 3.05) is 50.2 Å². The summed E-state index contributed by atoms with van der Waals surface area (Å²) in [5.74, 6) is 1.14.